The minimum atomic E-state index is -4.45. The molecule has 0 bridgehead atoms. The fraction of sp³-hybridized carbons (Fsp3) is 0.296. The maximum Gasteiger partial charge on any atom is 0.422 e. The van der Waals surface area contributed by atoms with Gasteiger partial charge in [-0.2, -0.15) is 13.2 Å². The van der Waals surface area contributed by atoms with Crippen LogP contribution in [0, 0.1) is 5.92 Å². The van der Waals surface area contributed by atoms with E-state index in [2.05, 4.69) is 5.32 Å². The number of hydrogen-bond acceptors (Lipinski definition) is 6. The van der Waals surface area contributed by atoms with Crippen molar-refractivity contribution in [3.05, 3.63) is 77.0 Å². The molecule has 1 saturated carbocycles. The fourth-order valence-corrected chi connectivity index (χ4v) is 3.49. The van der Waals surface area contributed by atoms with Crippen molar-refractivity contribution in [2.24, 2.45) is 11.7 Å². The Morgan fingerprint density at radius 2 is 1.89 bits per heavy atom. The summed E-state index contributed by atoms with van der Waals surface area (Å²) in [5, 5.41) is 4.34. The Morgan fingerprint density at radius 1 is 1.16 bits per heavy atom. The van der Waals surface area contributed by atoms with E-state index >= 15 is 0 Å². The molecule has 37 heavy (non-hydrogen) atoms. The van der Waals surface area contributed by atoms with E-state index in [1.807, 2.05) is 18.4 Å². The van der Waals surface area contributed by atoms with Gasteiger partial charge in [0.05, 0.1) is 19.3 Å². The first kappa shape index (κ1) is 28.0. The number of benzene rings is 2. The molecule has 1 aliphatic rings. The van der Waals surface area contributed by atoms with E-state index in [1.165, 1.54) is 42.2 Å². The first-order chi connectivity index (χ1) is 17.7. The van der Waals surface area contributed by atoms with Gasteiger partial charge in [0.15, 0.2) is 18.1 Å². The number of methoxy groups -OCH3 is 1. The Kier molecular flexibility index (Phi) is 9.96. The van der Waals surface area contributed by atoms with Crippen LogP contribution in [0.1, 0.15) is 24.0 Å². The van der Waals surface area contributed by atoms with Crippen molar-refractivity contribution in [2.45, 2.75) is 19.0 Å². The van der Waals surface area contributed by atoms with E-state index in [9.17, 15) is 18.0 Å². The molecule has 0 atom stereocenters. The second kappa shape index (κ2) is 13.1. The minimum absolute atomic E-state index is 0.0195. The molecule has 0 heterocycles. The van der Waals surface area contributed by atoms with Crippen molar-refractivity contribution in [3.8, 4) is 17.2 Å². The van der Waals surface area contributed by atoms with Crippen LogP contribution < -0.4 is 25.3 Å². The number of hydrogen-bond donors (Lipinski definition) is 2. The van der Waals surface area contributed by atoms with Gasteiger partial charge in [-0.15, -0.1) is 11.8 Å². The first-order valence-electron chi connectivity index (χ1n) is 11.5. The third kappa shape index (κ3) is 8.82. The summed E-state index contributed by atoms with van der Waals surface area (Å²) in [6.45, 7) is -0.823. The number of carbonyl (C=O) groups excluding carboxylic acids is 1. The summed E-state index contributed by atoms with van der Waals surface area (Å²) in [4.78, 5) is 13.0. The van der Waals surface area contributed by atoms with Gasteiger partial charge in [-0.05, 0) is 66.3 Å². The summed E-state index contributed by atoms with van der Waals surface area (Å²) in [6, 6.07) is 11.2. The van der Waals surface area contributed by atoms with Gasteiger partial charge in [0, 0.05) is 17.5 Å². The lowest BCUT2D eigenvalue weighted by Crippen LogP contribution is -2.21. The van der Waals surface area contributed by atoms with Crippen LogP contribution in [0.25, 0.3) is 11.6 Å². The lowest BCUT2D eigenvalue weighted by atomic mass is 10.0. The van der Waals surface area contributed by atoms with Crippen LogP contribution in [0.4, 0.5) is 13.2 Å². The summed E-state index contributed by atoms with van der Waals surface area (Å²) in [7, 11) is 1.56. The highest BCUT2D eigenvalue weighted by molar-refractivity contribution is 8.01. The first-order valence-corrected chi connectivity index (χ1v) is 12.8. The number of nitrogens with one attached hydrogen (secondary N) is 1. The van der Waals surface area contributed by atoms with Crippen LogP contribution in [-0.2, 0) is 4.79 Å². The summed E-state index contributed by atoms with van der Waals surface area (Å²) >= 11 is 1.40. The molecule has 0 aromatic heterocycles. The molecule has 2 aromatic rings. The summed E-state index contributed by atoms with van der Waals surface area (Å²) in [5.74, 6) is 1.25. The number of rotatable bonds is 12. The molecule has 10 heteroatoms. The molecule has 198 valence electrons. The average molecular weight is 535 g/mol. The zero-order valence-electron chi connectivity index (χ0n) is 20.5. The number of para-hydroxylation sites is 1. The lowest BCUT2D eigenvalue weighted by Gasteiger charge is -2.14. The van der Waals surface area contributed by atoms with Gasteiger partial charge in [-0.3, -0.25) is 4.79 Å². The molecule has 0 saturated heterocycles. The van der Waals surface area contributed by atoms with E-state index in [1.54, 1.807) is 30.7 Å². The van der Waals surface area contributed by atoms with Gasteiger partial charge in [0.2, 0.25) is 0 Å². The van der Waals surface area contributed by atoms with Gasteiger partial charge in [-0.25, -0.2) is 0 Å². The van der Waals surface area contributed by atoms with Gasteiger partial charge in [0.1, 0.15) is 5.75 Å². The zero-order chi connectivity index (χ0) is 26.8. The predicted molar refractivity (Wildman–Crippen MR) is 140 cm³/mol. The number of halogens is 3. The van der Waals surface area contributed by atoms with Crippen molar-refractivity contribution in [1.29, 1.82) is 0 Å². The molecular formula is C27H29F3N2O4S. The van der Waals surface area contributed by atoms with Crippen molar-refractivity contribution in [3.63, 3.8) is 0 Å². The largest absolute Gasteiger partial charge is 0.493 e. The molecule has 0 aliphatic heterocycles. The quantitative estimate of drug-likeness (QED) is 0.266. The van der Waals surface area contributed by atoms with Gasteiger partial charge in [0.25, 0.3) is 5.91 Å². The summed E-state index contributed by atoms with van der Waals surface area (Å²) in [5.41, 5.74) is 7.79. The van der Waals surface area contributed by atoms with Crippen molar-refractivity contribution >= 4 is 29.3 Å². The van der Waals surface area contributed by atoms with Crippen LogP contribution >= 0.6 is 11.8 Å². The number of thioether (sulfide) groups is 1. The number of ether oxygens (including phenoxy) is 3. The highest BCUT2D eigenvalue weighted by Crippen LogP contribution is 2.36. The molecule has 0 unspecified atom stereocenters. The fourth-order valence-electron chi connectivity index (χ4n) is 3.29. The summed E-state index contributed by atoms with van der Waals surface area (Å²) in [6.07, 6.45) is 4.46. The molecule has 1 amide bonds. The van der Waals surface area contributed by atoms with Gasteiger partial charge < -0.3 is 25.3 Å². The Hall–Kier alpha value is -3.53. The number of carbonyl (C=O) groups is 1. The zero-order valence-corrected chi connectivity index (χ0v) is 21.3. The van der Waals surface area contributed by atoms with Crippen molar-refractivity contribution in [2.75, 3.05) is 26.6 Å². The molecule has 2 aromatic carbocycles. The highest BCUT2D eigenvalue weighted by atomic mass is 32.2. The molecule has 6 nitrogen and oxygen atoms in total. The molecule has 1 aliphatic carbocycles. The van der Waals surface area contributed by atoms with Crippen LogP contribution in [0.3, 0.4) is 0 Å². The van der Waals surface area contributed by atoms with Crippen LogP contribution in [0.5, 0.6) is 17.2 Å². The second-order valence-electron chi connectivity index (χ2n) is 8.24. The topological polar surface area (TPSA) is 82.8 Å². The molecule has 0 spiro atoms. The molecule has 0 radical (unpaired) electrons. The van der Waals surface area contributed by atoms with E-state index in [0.717, 1.165) is 18.4 Å². The normalized spacial score (nSPS) is 14.5. The minimum Gasteiger partial charge on any atom is -0.493 e. The van der Waals surface area contributed by atoms with Crippen molar-refractivity contribution in [1.82, 2.24) is 5.32 Å². The maximum atomic E-state index is 13.0. The van der Waals surface area contributed by atoms with E-state index in [4.69, 9.17) is 19.9 Å². The molecule has 3 rings (SSSR count). The predicted octanol–water partition coefficient (Wildman–Crippen LogP) is 5.76. The van der Waals surface area contributed by atoms with Crippen LogP contribution in [0.15, 0.2) is 65.8 Å². The molecule has 1 fully saturated rings. The molecule has 3 N–H and O–H groups in total. The highest BCUT2D eigenvalue weighted by Gasteiger charge is 2.28. The Balaban J connectivity index is 1.92. The van der Waals surface area contributed by atoms with E-state index < -0.39 is 18.7 Å². The SMILES string of the molecule is COc1cccc(/C=C/C(N)=C(/C(=O)N/C=C\SC)c2ccc(OCC(F)(F)F)cc2)c1OCC1CC1. The van der Waals surface area contributed by atoms with Crippen LogP contribution in [0.2, 0.25) is 0 Å². The Labute approximate surface area is 218 Å². The van der Waals surface area contributed by atoms with Gasteiger partial charge >= 0.3 is 6.18 Å². The standard InChI is InChI=1S/C27H29F3N2O4S/c1-34-23-5-3-4-20(25(23)35-16-18-6-7-18)10-13-22(31)24(26(33)32-14-15-37-2)19-8-11-21(12-9-19)36-17-27(28,29)30/h3-5,8-15,18H,6-7,16-17,31H2,1-2H3,(H,32,33)/b13-10+,15-14-,24-22-. The average Bonchev–Trinajstić information content (AvgIpc) is 3.70. The number of nitrogens with two attached hydrogens (primary N) is 1. The van der Waals surface area contributed by atoms with E-state index in [-0.39, 0.29) is 17.0 Å². The number of amides is 1. The van der Waals surface area contributed by atoms with Crippen molar-refractivity contribution < 1.29 is 32.2 Å². The Morgan fingerprint density at radius 3 is 2.51 bits per heavy atom. The molecular weight excluding hydrogens is 505 g/mol. The third-order valence-electron chi connectivity index (χ3n) is 5.31. The second-order valence-corrected chi connectivity index (χ2v) is 8.98. The van der Waals surface area contributed by atoms with E-state index in [0.29, 0.717) is 29.6 Å². The van der Waals surface area contributed by atoms with Gasteiger partial charge in [-0.1, -0.05) is 24.3 Å². The third-order valence-corrected chi connectivity index (χ3v) is 5.72. The summed E-state index contributed by atoms with van der Waals surface area (Å²) < 4.78 is 53.6. The van der Waals surface area contributed by atoms with Crippen LogP contribution in [-0.4, -0.2) is 38.7 Å². The lowest BCUT2D eigenvalue weighted by molar-refractivity contribution is -0.153. The number of alkyl halides is 3. The monoisotopic (exact) mass is 534 g/mol. The maximum absolute atomic E-state index is 13.0. The Bertz CT molecular complexity index is 1160. The smallest absolute Gasteiger partial charge is 0.422 e. The number of allylic oxidation sites excluding steroid dienone is 1.